The number of hydrogen-bond donors (Lipinski definition) is 0. The molecule has 1 aromatic heterocycles. The van der Waals surface area contributed by atoms with Crippen LogP contribution in [0.2, 0.25) is 5.02 Å². The van der Waals surface area contributed by atoms with Gasteiger partial charge in [0.2, 0.25) is 0 Å². The fraction of sp³-hybridized carbons (Fsp3) is 0.375. The van der Waals surface area contributed by atoms with Crippen molar-refractivity contribution in [2.24, 2.45) is 0 Å². The standard InChI is InChI=1S/C16H17ClFN3O2/c17-14-4-1-2-5-15(14)21-10-12(9-19-21)16(22)20-6-3-7-23-13(8-18)11-20/h1-2,4-5,9-10,13H,3,6-8,11H2. The first-order chi connectivity index (χ1) is 11.2. The van der Waals surface area contributed by atoms with Gasteiger partial charge < -0.3 is 9.64 Å². The number of benzene rings is 1. The van der Waals surface area contributed by atoms with Crippen LogP contribution in [-0.2, 0) is 4.74 Å². The molecule has 0 N–H and O–H groups in total. The maximum Gasteiger partial charge on any atom is 0.257 e. The van der Waals surface area contributed by atoms with Gasteiger partial charge in [0.25, 0.3) is 5.91 Å². The summed E-state index contributed by atoms with van der Waals surface area (Å²) < 4.78 is 19.8. The third-order valence-electron chi connectivity index (χ3n) is 3.74. The molecule has 0 radical (unpaired) electrons. The van der Waals surface area contributed by atoms with E-state index in [0.717, 1.165) is 0 Å². The summed E-state index contributed by atoms with van der Waals surface area (Å²) in [7, 11) is 0. The first kappa shape index (κ1) is 16.0. The zero-order chi connectivity index (χ0) is 16.2. The van der Waals surface area contributed by atoms with E-state index in [1.807, 2.05) is 18.2 Å². The predicted octanol–water partition coefficient (Wildman–Crippen LogP) is 2.73. The lowest BCUT2D eigenvalue weighted by Gasteiger charge is -2.21. The molecule has 7 heteroatoms. The average molecular weight is 338 g/mol. The number of carbonyl (C=O) groups is 1. The summed E-state index contributed by atoms with van der Waals surface area (Å²) in [5, 5.41) is 4.76. The fourth-order valence-corrected chi connectivity index (χ4v) is 2.78. The van der Waals surface area contributed by atoms with Gasteiger partial charge in [-0.05, 0) is 18.6 Å². The number of nitrogens with zero attached hydrogens (tertiary/aromatic N) is 3. The van der Waals surface area contributed by atoms with Crippen molar-refractivity contribution >= 4 is 17.5 Å². The van der Waals surface area contributed by atoms with Gasteiger partial charge in [0.05, 0.1) is 22.5 Å². The average Bonchev–Trinajstić information content (AvgIpc) is 2.92. The molecule has 3 rings (SSSR count). The first-order valence-corrected chi connectivity index (χ1v) is 7.83. The second-order valence-corrected chi connectivity index (χ2v) is 5.78. The van der Waals surface area contributed by atoms with Gasteiger partial charge >= 0.3 is 0 Å². The molecule has 1 aliphatic rings. The summed E-state index contributed by atoms with van der Waals surface area (Å²) in [5.41, 5.74) is 1.15. The maximum atomic E-state index is 12.9. The number of carbonyl (C=O) groups excluding carboxylic acids is 1. The summed E-state index contributed by atoms with van der Waals surface area (Å²) in [6.07, 6.45) is 3.28. The maximum absolute atomic E-state index is 12.9. The normalized spacial score (nSPS) is 18.7. The molecule has 122 valence electrons. The minimum Gasteiger partial charge on any atom is -0.374 e. The van der Waals surface area contributed by atoms with Crippen molar-refractivity contribution in [1.29, 1.82) is 0 Å². The minimum absolute atomic E-state index is 0.174. The van der Waals surface area contributed by atoms with Crippen LogP contribution in [0.25, 0.3) is 5.69 Å². The van der Waals surface area contributed by atoms with E-state index in [1.54, 1.807) is 21.8 Å². The Hall–Kier alpha value is -1.92. The largest absolute Gasteiger partial charge is 0.374 e. The van der Waals surface area contributed by atoms with E-state index in [9.17, 15) is 9.18 Å². The summed E-state index contributed by atoms with van der Waals surface area (Å²) in [5.74, 6) is -0.174. The number of alkyl halides is 1. The molecule has 0 spiro atoms. The molecule has 0 aliphatic carbocycles. The van der Waals surface area contributed by atoms with Gasteiger partial charge in [0.1, 0.15) is 12.8 Å². The molecular formula is C16H17ClFN3O2. The quantitative estimate of drug-likeness (QED) is 0.865. The second kappa shape index (κ2) is 7.10. The molecule has 2 aromatic rings. The molecule has 5 nitrogen and oxygen atoms in total. The molecule has 1 aromatic carbocycles. The van der Waals surface area contributed by atoms with Crippen molar-refractivity contribution in [2.45, 2.75) is 12.5 Å². The Labute approximate surface area is 138 Å². The van der Waals surface area contributed by atoms with Gasteiger partial charge in [-0.1, -0.05) is 23.7 Å². The zero-order valence-corrected chi connectivity index (χ0v) is 13.2. The molecule has 1 unspecified atom stereocenters. The Balaban J connectivity index is 1.79. The lowest BCUT2D eigenvalue weighted by atomic mass is 10.2. The number of para-hydroxylation sites is 1. The van der Waals surface area contributed by atoms with Crippen LogP contribution >= 0.6 is 11.6 Å². The van der Waals surface area contributed by atoms with Gasteiger partial charge in [-0.15, -0.1) is 0 Å². The van der Waals surface area contributed by atoms with E-state index < -0.39 is 12.8 Å². The lowest BCUT2D eigenvalue weighted by Crippen LogP contribution is -2.37. The molecule has 1 fully saturated rings. The molecule has 2 heterocycles. The van der Waals surface area contributed by atoms with Crippen molar-refractivity contribution in [2.75, 3.05) is 26.4 Å². The molecule has 0 saturated carbocycles. The van der Waals surface area contributed by atoms with E-state index in [1.165, 1.54) is 6.20 Å². The number of ether oxygens (including phenoxy) is 1. The zero-order valence-electron chi connectivity index (χ0n) is 12.5. The smallest absolute Gasteiger partial charge is 0.257 e. The first-order valence-electron chi connectivity index (χ1n) is 7.45. The Morgan fingerprint density at radius 2 is 2.26 bits per heavy atom. The Kier molecular flexibility index (Phi) is 4.93. The Bertz CT molecular complexity index is 691. The molecular weight excluding hydrogens is 321 g/mol. The highest BCUT2D eigenvalue weighted by atomic mass is 35.5. The number of rotatable bonds is 3. The third kappa shape index (κ3) is 3.54. The van der Waals surface area contributed by atoms with Crippen LogP contribution in [0.15, 0.2) is 36.7 Å². The van der Waals surface area contributed by atoms with Crippen LogP contribution in [0.3, 0.4) is 0 Å². The third-order valence-corrected chi connectivity index (χ3v) is 4.06. The van der Waals surface area contributed by atoms with Crippen molar-refractivity contribution in [3.05, 3.63) is 47.2 Å². The second-order valence-electron chi connectivity index (χ2n) is 5.38. The van der Waals surface area contributed by atoms with Crippen molar-refractivity contribution in [3.63, 3.8) is 0 Å². The molecule has 0 bridgehead atoms. The van der Waals surface area contributed by atoms with Gasteiger partial charge in [0, 0.05) is 25.9 Å². The molecule has 1 atom stereocenters. The highest BCUT2D eigenvalue weighted by Gasteiger charge is 2.24. The molecule has 1 amide bonds. The monoisotopic (exact) mass is 337 g/mol. The lowest BCUT2D eigenvalue weighted by molar-refractivity contribution is 0.0342. The minimum atomic E-state index is -0.595. The summed E-state index contributed by atoms with van der Waals surface area (Å²) in [4.78, 5) is 14.2. The highest BCUT2D eigenvalue weighted by molar-refractivity contribution is 6.32. The summed E-state index contributed by atoms with van der Waals surface area (Å²) in [6, 6.07) is 7.26. The topological polar surface area (TPSA) is 47.4 Å². The predicted molar refractivity (Wildman–Crippen MR) is 84.8 cm³/mol. The number of halogens is 2. The Morgan fingerprint density at radius 1 is 1.43 bits per heavy atom. The van der Waals surface area contributed by atoms with Crippen LogP contribution in [-0.4, -0.2) is 53.1 Å². The summed E-state index contributed by atoms with van der Waals surface area (Å²) >= 11 is 6.14. The number of aromatic nitrogens is 2. The molecule has 1 saturated heterocycles. The van der Waals surface area contributed by atoms with E-state index in [-0.39, 0.29) is 12.5 Å². The molecule has 1 aliphatic heterocycles. The molecule has 23 heavy (non-hydrogen) atoms. The Morgan fingerprint density at radius 3 is 3.04 bits per heavy atom. The van der Waals surface area contributed by atoms with Crippen LogP contribution in [0.4, 0.5) is 4.39 Å². The van der Waals surface area contributed by atoms with Crippen molar-refractivity contribution in [3.8, 4) is 5.69 Å². The van der Waals surface area contributed by atoms with Gasteiger partial charge in [-0.3, -0.25) is 4.79 Å². The van der Waals surface area contributed by atoms with E-state index in [4.69, 9.17) is 16.3 Å². The van der Waals surface area contributed by atoms with Crippen LogP contribution < -0.4 is 0 Å². The number of amides is 1. The van der Waals surface area contributed by atoms with Gasteiger partial charge in [-0.25, -0.2) is 9.07 Å². The van der Waals surface area contributed by atoms with Crippen LogP contribution in [0.5, 0.6) is 0 Å². The summed E-state index contributed by atoms with van der Waals surface area (Å²) in [6.45, 7) is 0.680. The van der Waals surface area contributed by atoms with Crippen molar-refractivity contribution in [1.82, 2.24) is 14.7 Å². The van der Waals surface area contributed by atoms with E-state index >= 15 is 0 Å². The van der Waals surface area contributed by atoms with Crippen molar-refractivity contribution < 1.29 is 13.9 Å². The number of hydrogen-bond acceptors (Lipinski definition) is 3. The van der Waals surface area contributed by atoms with Crippen LogP contribution in [0.1, 0.15) is 16.8 Å². The van der Waals surface area contributed by atoms with E-state index in [0.29, 0.717) is 35.8 Å². The highest BCUT2D eigenvalue weighted by Crippen LogP contribution is 2.20. The SMILES string of the molecule is O=C(c1cnn(-c2ccccc2Cl)c1)N1CCCOC(CF)C1. The van der Waals surface area contributed by atoms with Gasteiger partial charge in [-0.2, -0.15) is 5.10 Å². The van der Waals surface area contributed by atoms with E-state index in [2.05, 4.69) is 5.10 Å². The van der Waals surface area contributed by atoms with Crippen LogP contribution in [0, 0.1) is 0 Å². The fourth-order valence-electron chi connectivity index (χ4n) is 2.56. The van der Waals surface area contributed by atoms with Gasteiger partial charge in [0.15, 0.2) is 0 Å².